The number of hydrogen-bond donors (Lipinski definition) is 4. The molecule has 4 rings (SSSR count). The van der Waals surface area contributed by atoms with E-state index in [9.17, 15) is 29.4 Å². The van der Waals surface area contributed by atoms with Crippen molar-refractivity contribution in [1.29, 1.82) is 0 Å². The largest absolute Gasteiger partial charge is 0.480 e. The van der Waals surface area contributed by atoms with E-state index >= 15 is 0 Å². The van der Waals surface area contributed by atoms with E-state index in [0.29, 0.717) is 36.3 Å². The quantitative estimate of drug-likeness (QED) is 0.0522. The summed E-state index contributed by atoms with van der Waals surface area (Å²) in [5.74, 6) is 0.850. The molecule has 1 amide bonds. The maximum Gasteiger partial charge on any atom is 0.343 e. The molecule has 13 heteroatoms. The highest BCUT2D eigenvalue weighted by atomic mass is 16.5. The summed E-state index contributed by atoms with van der Waals surface area (Å²) in [5.41, 5.74) is 8.65. The van der Waals surface area contributed by atoms with Crippen molar-refractivity contribution < 1.29 is 34.1 Å². The molecule has 1 aliphatic rings. The molecular weight excluding hydrogens is 556 g/mol. The van der Waals surface area contributed by atoms with Gasteiger partial charge in [0.25, 0.3) is 0 Å². The summed E-state index contributed by atoms with van der Waals surface area (Å²) in [6.45, 7) is -0.722. The summed E-state index contributed by atoms with van der Waals surface area (Å²) in [6, 6.07) is 18.7. The number of ether oxygens (including phenoxy) is 1. The highest BCUT2D eigenvalue weighted by Crippen LogP contribution is 2.31. The van der Waals surface area contributed by atoms with Crippen LogP contribution in [0.1, 0.15) is 33.5 Å². The van der Waals surface area contributed by atoms with E-state index in [4.69, 9.17) is 16.3 Å². The minimum absolute atomic E-state index is 0.0163. The number of benzene rings is 3. The number of amides is 1. The summed E-state index contributed by atoms with van der Waals surface area (Å²) in [6.07, 6.45) is 1.12. The first-order chi connectivity index (χ1) is 20.6. The van der Waals surface area contributed by atoms with Gasteiger partial charge in [0.15, 0.2) is 0 Å². The van der Waals surface area contributed by atoms with Gasteiger partial charge in [-0.1, -0.05) is 46.7 Å². The Bertz CT molecular complexity index is 1560. The first-order valence-electron chi connectivity index (χ1n) is 13.3. The highest BCUT2D eigenvalue weighted by Gasteiger charge is 2.36. The normalized spacial score (nSPS) is 15.3. The molecule has 6 N–H and O–H groups in total. The fourth-order valence-electron chi connectivity index (χ4n) is 4.95. The highest BCUT2D eigenvalue weighted by molar-refractivity contribution is 5.92. The Balaban J connectivity index is 1.45. The number of nitrogens with two attached hydrogens (primary N) is 2. The Labute approximate surface area is 246 Å². The van der Waals surface area contributed by atoms with Crippen molar-refractivity contribution in [2.24, 2.45) is 32.8 Å². The van der Waals surface area contributed by atoms with Crippen LogP contribution in [0.4, 0.5) is 5.69 Å². The van der Waals surface area contributed by atoms with E-state index in [-0.39, 0.29) is 17.9 Å². The zero-order chi connectivity index (χ0) is 30.9. The zero-order valence-corrected chi connectivity index (χ0v) is 23.0. The molecule has 0 saturated heterocycles. The molecule has 3 aromatic carbocycles. The topological polar surface area (TPSA) is 210 Å². The molecule has 2 atom stereocenters. The van der Waals surface area contributed by atoms with Crippen LogP contribution in [-0.4, -0.2) is 57.5 Å². The number of carboxylic acid groups (broad SMARTS) is 2. The lowest BCUT2D eigenvalue weighted by atomic mass is 9.82. The van der Waals surface area contributed by atoms with Crippen molar-refractivity contribution in [3.8, 4) is 5.75 Å². The minimum atomic E-state index is -1.33. The number of aryl methyl sites for hydroxylation is 1. The fraction of sp³-hybridized carbons (Fsp3) is 0.233. The number of guanidine groups is 1. The minimum Gasteiger partial charge on any atom is -0.480 e. The number of fused-ring (bicyclic) bond motifs is 1. The van der Waals surface area contributed by atoms with Gasteiger partial charge in [-0.05, 0) is 72.4 Å². The molecule has 0 radical (unpaired) electrons. The van der Waals surface area contributed by atoms with Gasteiger partial charge >= 0.3 is 17.9 Å². The molecular formula is C30H30N6O7. The van der Waals surface area contributed by atoms with Crippen LogP contribution in [0.3, 0.4) is 0 Å². The summed E-state index contributed by atoms with van der Waals surface area (Å²) < 4.78 is 5.54. The molecule has 0 fully saturated rings. The van der Waals surface area contributed by atoms with Gasteiger partial charge in [-0.15, -0.1) is 0 Å². The molecule has 0 heterocycles. The van der Waals surface area contributed by atoms with Crippen LogP contribution in [0, 0.1) is 5.92 Å². The summed E-state index contributed by atoms with van der Waals surface area (Å²) in [5, 5.41) is 25.9. The maximum absolute atomic E-state index is 13.6. The van der Waals surface area contributed by atoms with Crippen molar-refractivity contribution in [3.05, 3.63) is 95.1 Å². The van der Waals surface area contributed by atoms with Crippen LogP contribution in [0.25, 0.3) is 0 Å². The van der Waals surface area contributed by atoms with E-state index in [0.717, 1.165) is 16.0 Å². The summed E-state index contributed by atoms with van der Waals surface area (Å²) in [4.78, 5) is 55.0. The van der Waals surface area contributed by atoms with E-state index in [1.807, 2.05) is 0 Å². The van der Waals surface area contributed by atoms with Gasteiger partial charge in [0.2, 0.25) is 11.9 Å². The summed E-state index contributed by atoms with van der Waals surface area (Å²) in [7, 11) is 0. The third-order valence-corrected chi connectivity index (χ3v) is 6.99. The average molecular weight is 587 g/mol. The lowest BCUT2D eigenvalue weighted by molar-refractivity contribution is -0.156. The second-order valence-electron chi connectivity index (χ2n) is 9.90. The molecule has 43 heavy (non-hydrogen) atoms. The van der Waals surface area contributed by atoms with Gasteiger partial charge in [0, 0.05) is 12.3 Å². The van der Waals surface area contributed by atoms with Crippen molar-refractivity contribution >= 4 is 35.5 Å². The predicted octanol–water partition coefficient (Wildman–Crippen LogP) is 2.89. The number of esters is 1. The van der Waals surface area contributed by atoms with Crippen molar-refractivity contribution in [2.75, 3.05) is 6.54 Å². The number of carbonyl (C=O) groups excluding carboxylic acids is 2. The number of hydrogen-bond acceptors (Lipinski definition) is 7. The van der Waals surface area contributed by atoms with E-state index in [1.165, 1.54) is 12.1 Å². The Morgan fingerprint density at radius 3 is 2.35 bits per heavy atom. The molecule has 0 spiro atoms. The SMILES string of the molecule is NN=NC(N)=Nc1ccc(C(=O)Oc2ccc3c(c2)CCC(C(=O)N(CC(=O)O)[C@@H](Cc2ccccc2)C(=O)O)C3)cc1. The van der Waals surface area contributed by atoms with E-state index in [2.05, 4.69) is 15.3 Å². The number of carboxylic acids is 2. The first-order valence-corrected chi connectivity index (χ1v) is 13.3. The van der Waals surface area contributed by atoms with Crippen LogP contribution < -0.4 is 16.3 Å². The van der Waals surface area contributed by atoms with Crippen LogP contribution in [0.2, 0.25) is 0 Å². The third kappa shape index (κ3) is 8.00. The number of carbonyl (C=O) groups is 4. The number of rotatable bonds is 10. The van der Waals surface area contributed by atoms with Crippen LogP contribution in [0.15, 0.2) is 88.1 Å². The fourth-order valence-corrected chi connectivity index (χ4v) is 4.95. The molecule has 1 unspecified atom stereocenters. The van der Waals surface area contributed by atoms with Gasteiger partial charge < -0.3 is 31.4 Å². The molecule has 13 nitrogen and oxygen atoms in total. The van der Waals surface area contributed by atoms with Crippen LogP contribution in [-0.2, 0) is 33.6 Å². The van der Waals surface area contributed by atoms with E-state index < -0.39 is 42.3 Å². The van der Waals surface area contributed by atoms with Crippen molar-refractivity contribution in [1.82, 2.24) is 4.90 Å². The Morgan fingerprint density at radius 1 is 0.977 bits per heavy atom. The molecule has 222 valence electrons. The van der Waals surface area contributed by atoms with Crippen LogP contribution >= 0.6 is 0 Å². The number of nitrogens with zero attached hydrogens (tertiary/aromatic N) is 4. The molecule has 0 bridgehead atoms. The molecule has 0 aliphatic heterocycles. The van der Waals surface area contributed by atoms with Crippen molar-refractivity contribution in [2.45, 2.75) is 31.7 Å². The Morgan fingerprint density at radius 2 is 1.70 bits per heavy atom. The van der Waals surface area contributed by atoms with Gasteiger partial charge in [-0.3, -0.25) is 9.59 Å². The lowest BCUT2D eigenvalue weighted by Crippen LogP contribution is -2.51. The predicted molar refractivity (Wildman–Crippen MR) is 155 cm³/mol. The molecule has 3 aromatic rings. The van der Waals surface area contributed by atoms with Gasteiger partial charge in [0.1, 0.15) is 18.3 Å². The second kappa shape index (κ2) is 13.9. The van der Waals surface area contributed by atoms with Crippen LogP contribution in [0.5, 0.6) is 5.75 Å². The average Bonchev–Trinajstić information content (AvgIpc) is 2.99. The Kier molecular flexibility index (Phi) is 9.78. The third-order valence-electron chi connectivity index (χ3n) is 6.99. The molecule has 0 saturated carbocycles. The zero-order valence-electron chi connectivity index (χ0n) is 23.0. The van der Waals surface area contributed by atoms with E-state index in [1.54, 1.807) is 60.7 Å². The molecule has 0 aromatic heterocycles. The lowest BCUT2D eigenvalue weighted by Gasteiger charge is -2.33. The van der Waals surface area contributed by atoms with Gasteiger partial charge in [-0.2, -0.15) is 0 Å². The number of aliphatic imine (C=N–C) groups is 1. The molecule has 1 aliphatic carbocycles. The van der Waals surface area contributed by atoms with Crippen molar-refractivity contribution in [3.63, 3.8) is 0 Å². The van der Waals surface area contributed by atoms with Gasteiger partial charge in [0.05, 0.1) is 11.3 Å². The summed E-state index contributed by atoms with van der Waals surface area (Å²) >= 11 is 0. The second-order valence-corrected chi connectivity index (χ2v) is 9.90. The maximum atomic E-state index is 13.6. The number of aliphatic carboxylic acids is 2. The first kappa shape index (κ1) is 30.4. The Hall–Kier alpha value is -5.59. The standard InChI is InChI=1S/C30H30N6O7/c31-30(34-35-32)33-23-11-8-19(9-12-23)29(42)43-24-13-10-20-15-22(7-6-21(20)16-24)27(39)36(17-26(37)38)25(28(40)41)14-18-4-2-1-3-5-18/h1-5,8-13,16,22,25H,6-7,14-15,17H2,(H,37,38)(H,40,41)(H4,31,32,33,34)/t22?,25-/m0/s1. The smallest absolute Gasteiger partial charge is 0.343 e. The van der Waals surface area contributed by atoms with Gasteiger partial charge in [-0.25, -0.2) is 14.6 Å². The monoisotopic (exact) mass is 586 g/mol.